The molecule has 0 aliphatic carbocycles. The molecule has 4 amide bonds. The summed E-state index contributed by atoms with van der Waals surface area (Å²) in [6.45, 7) is 20.9. The number of hydrogen-bond acceptors (Lipinski definition) is 15. The van der Waals surface area contributed by atoms with Gasteiger partial charge in [-0.2, -0.15) is 0 Å². The summed E-state index contributed by atoms with van der Waals surface area (Å²) in [5.74, 6) is -6.78. The van der Waals surface area contributed by atoms with Crippen LogP contribution in [0.1, 0.15) is 143 Å². The highest BCUT2D eigenvalue weighted by Crippen LogP contribution is 2.36. The molecule has 3 N–H and O–H groups in total. The molecule has 2 aliphatic rings. The monoisotopic (exact) mass is 1120 g/mol. The van der Waals surface area contributed by atoms with Crippen LogP contribution in [0, 0.1) is 41.4 Å². The first-order valence-electron chi connectivity index (χ1n) is 28.0. The van der Waals surface area contributed by atoms with E-state index in [4.69, 9.17) is 28.4 Å². The van der Waals surface area contributed by atoms with Gasteiger partial charge in [0.25, 0.3) is 0 Å². The number of methoxy groups -OCH3 is 2. The maximum atomic E-state index is 14.8. The van der Waals surface area contributed by atoms with Gasteiger partial charge in [-0.25, -0.2) is 9.59 Å². The number of rotatable bonds is 28. The number of nitrogens with zero attached hydrogens (tertiary/aromatic N) is 3. The largest absolute Gasteiger partial charge is 0.478 e. The summed E-state index contributed by atoms with van der Waals surface area (Å²) < 4.78 is 35.2. The van der Waals surface area contributed by atoms with Crippen molar-refractivity contribution in [1.29, 1.82) is 0 Å². The van der Waals surface area contributed by atoms with Crippen molar-refractivity contribution in [3.63, 3.8) is 0 Å². The molecule has 0 spiro atoms. The average molecular weight is 1120 g/mol. The average Bonchev–Trinajstić information content (AvgIpc) is 3.90. The second kappa shape index (κ2) is 30.2. The van der Waals surface area contributed by atoms with Crippen molar-refractivity contribution in [3.05, 3.63) is 65.2 Å². The molecule has 80 heavy (non-hydrogen) atoms. The van der Waals surface area contributed by atoms with Crippen LogP contribution in [-0.4, -0.2) is 162 Å². The number of carboxylic acid groups (broad SMARTS) is 1. The first kappa shape index (κ1) is 66.6. The number of carbonyl (C=O) groups excluding carboxylic acids is 7. The van der Waals surface area contributed by atoms with Crippen molar-refractivity contribution in [2.24, 2.45) is 41.4 Å². The second-order valence-corrected chi connectivity index (χ2v) is 22.7. The SMILES string of the molecule is CCC(C)[C@@H]([C@@H](CC(=O)N1CCC[C@H]1[C@H](OC)[C@@H](C)C(=O)N[C@H](C)[C@@H](O)c1ccccc1)OC)N(C)C(=O)[C@@H](CC(=O)[C@H](C(C)C)N(C)C(=O)OCc1ccc(OC2O[C@H](C(C)=O)[C@@H](C)[C@H](C)[C@H]2OC(C)=O)c(C(=O)O)c1)C(C)C. The number of carbonyl (C=O) groups is 8. The van der Waals surface area contributed by atoms with Crippen molar-refractivity contribution in [2.45, 2.75) is 183 Å². The molecule has 15 atom stereocenters. The van der Waals surface area contributed by atoms with E-state index in [2.05, 4.69) is 5.32 Å². The van der Waals surface area contributed by atoms with Gasteiger partial charge < -0.3 is 58.7 Å². The minimum absolute atomic E-state index is 0.0745. The minimum Gasteiger partial charge on any atom is -0.478 e. The Morgan fingerprint density at radius 2 is 1.50 bits per heavy atom. The van der Waals surface area contributed by atoms with Crippen LogP contribution in [-0.2, 0) is 59.1 Å². The van der Waals surface area contributed by atoms with Gasteiger partial charge in [-0.05, 0) is 73.6 Å². The Hall–Kier alpha value is -5.96. The van der Waals surface area contributed by atoms with Crippen LogP contribution >= 0.6 is 0 Å². The third-order valence-electron chi connectivity index (χ3n) is 16.4. The molecule has 446 valence electrons. The first-order chi connectivity index (χ1) is 37.6. The van der Waals surface area contributed by atoms with E-state index in [9.17, 15) is 48.6 Å². The summed E-state index contributed by atoms with van der Waals surface area (Å²) in [6.07, 6.45) is -4.75. The fourth-order valence-electron chi connectivity index (χ4n) is 11.4. The van der Waals surface area contributed by atoms with Gasteiger partial charge in [-0.3, -0.25) is 28.8 Å². The number of likely N-dealkylation sites (N-methyl/N-ethyl adjacent to an activating group) is 2. The number of aliphatic hydroxyl groups is 1. The van der Waals surface area contributed by atoms with E-state index in [1.54, 1.807) is 70.5 Å². The van der Waals surface area contributed by atoms with Gasteiger partial charge in [0.1, 0.15) is 24.0 Å². The molecule has 20 nitrogen and oxygen atoms in total. The van der Waals surface area contributed by atoms with Crippen LogP contribution in [0.25, 0.3) is 0 Å². The fraction of sp³-hybridized carbons (Fsp3) is 0.667. The van der Waals surface area contributed by atoms with E-state index in [1.807, 2.05) is 45.9 Å². The Morgan fingerprint density at radius 3 is 2.05 bits per heavy atom. The number of likely N-dealkylation sites (tertiary alicyclic amines) is 1. The fourth-order valence-corrected chi connectivity index (χ4v) is 11.4. The summed E-state index contributed by atoms with van der Waals surface area (Å²) in [5, 5.41) is 24.1. The zero-order valence-corrected chi connectivity index (χ0v) is 49.8. The van der Waals surface area contributed by atoms with E-state index < -0.39 is 103 Å². The molecule has 2 aromatic rings. The molecule has 2 fully saturated rings. The number of nitrogens with one attached hydrogen (secondary N) is 1. The van der Waals surface area contributed by atoms with Crippen LogP contribution in [0.2, 0.25) is 0 Å². The molecule has 0 radical (unpaired) electrons. The lowest BCUT2D eigenvalue weighted by Gasteiger charge is -2.42. The summed E-state index contributed by atoms with van der Waals surface area (Å²) in [6, 6.07) is 10.5. The van der Waals surface area contributed by atoms with Gasteiger partial charge >= 0.3 is 18.0 Å². The molecule has 2 unspecified atom stereocenters. The lowest BCUT2D eigenvalue weighted by atomic mass is 9.82. The zero-order valence-electron chi connectivity index (χ0n) is 49.8. The summed E-state index contributed by atoms with van der Waals surface area (Å²) in [4.78, 5) is 113. The van der Waals surface area contributed by atoms with Crippen LogP contribution in [0.4, 0.5) is 4.79 Å². The number of aromatic carboxylic acids is 1. The molecule has 2 saturated heterocycles. The number of aliphatic hydroxyl groups excluding tert-OH is 1. The lowest BCUT2D eigenvalue weighted by Crippen LogP contribution is -2.55. The Balaban J connectivity index is 1.46. The van der Waals surface area contributed by atoms with Gasteiger partial charge in [-0.1, -0.05) is 105 Å². The Morgan fingerprint density at radius 1 is 0.850 bits per heavy atom. The molecule has 2 heterocycles. The number of esters is 1. The van der Waals surface area contributed by atoms with E-state index in [1.165, 1.54) is 58.2 Å². The number of carboxylic acids is 1. The molecule has 2 aliphatic heterocycles. The quantitative estimate of drug-likeness (QED) is 0.0709. The molecule has 0 aromatic heterocycles. The Labute approximate surface area is 472 Å². The van der Waals surface area contributed by atoms with Crippen molar-refractivity contribution < 1.29 is 77.0 Å². The summed E-state index contributed by atoms with van der Waals surface area (Å²) in [5.41, 5.74) is 0.628. The maximum Gasteiger partial charge on any atom is 0.410 e. The minimum atomic E-state index is -1.38. The molecule has 2 aromatic carbocycles. The number of amides is 4. The van der Waals surface area contributed by atoms with E-state index in [-0.39, 0.29) is 83.4 Å². The topological polar surface area (TPSA) is 254 Å². The Bertz CT molecular complexity index is 2440. The van der Waals surface area contributed by atoms with Crippen LogP contribution in [0.15, 0.2) is 48.5 Å². The molecular weight excluding hydrogens is 1030 g/mol. The van der Waals surface area contributed by atoms with Crippen LogP contribution in [0.3, 0.4) is 0 Å². The molecule has 0 bridgehead atoms. The van der Waals surface area contributed by atoms with E-state index in [0.29, 0.717) is 31.4 Å². The highest BCUT2D eigenvalue weighted by atomic mass is 16.7. The van der Waals surface area contributed by atoms with Gasteiger partial charge in [0, 0.05) is 60.0 Å². The molecular formula is C60H90N4O16. The first-order valence-corrected chi connectivity index (χ1v) is 28.0. The van der Waals surface area contributed by atoms with E-state index >= 15 is 0 Å². The van der Waals surface area contributed by atoms with Crippen LogP contribution < -0.4 is 10.1 Å². The molecule has 20 heteroatoms. The number of Topliss-reactive ketones (excluding diaryl/α,β-unsaturated/α-hetero) is 2. The normalized spacial score (nSPS) is 22.6. The van der Waals surface area contributed by atoms with Gasteiger partial charge in [-0.15, -0.1) is 0 Å². The number of ketones is 2. The van der Waals surface area contributed by atoms with Crippen molar-refractivity contribution in [1.82, 2.24) is 20.0 Å². The third-order valence-corrected chi connectivity index (χ3v) is 16.4. The number of ether oxygens (including phenoxy) is 6. The van der Waals surface area contributed by atoms with E-state index in [0.717, 1.165) is 0 Å². The van der Waals surface area contributed by atoms with Crippen molar-refractivity contribution in [3.8, 4) is 5.75 Å². The third kappa shape index (κ3) is 16.6. The standard InChI is InChI=1S/C60H90N4O16/c1-17-34(6)51(48(75-15)30-49(68)64-27-21-24-45(64)54(76-16)37(9)56(70)61-38(10)52(69)42-22-19-18-20-23-42)62(13)57(71)43(32(2)3)29-46(67)50(33(4)5)63(14)60(74)77-31-41-25-26-47(44(28-41)58(72)73)79-59-55(78-40(12)66)36(8)35(7)53(80-59)39(11)65/h18-20,22-23,25-26,28,32-38,43,45,48,50-55,59,69H,17,21,24,27,29-31H2,1-16H3,(H,61,70)(H,72,73)/t34?,35-,36-,37+,38+,43-,45-,48+,50-,51-,52+,53-,54+,55+,59?/m0/s1. The Kier molecular flexibility index (Phi) is 25.1. The number of benzene rings is 2. The summed E-state index contributed by atoms with van der Waals surface area (Å²) >= 11 is 0. The number of hydrogen-bond donors (Lipinski definition) is 3. The smallest absolute Gasteiger partial charge is 0.410 e. The zero-order chi connectivity index (χ0) is 60.0. The maximum absolute atomic E-state index is 14.8. The highest BCUT2D eigenvalue weighted by molar-refractivity contribution is 5.92. The predicted molar refractivity (Wildman–Crippen MR) is 297 cm³/mol. The van der Waals surface area contributed by atoms with Crippen molar-refractivity contribution >= 4 is 47.3 Å². The molecule has 4 rings (SSSR count). The second-order valence-electron chi connectivity index (χ2n) is 22.7. The van der Waals surface area contributed by atoms with Crippen molar-refractivity contribution in [2.75, 3.05) is 34.9 Å². The van der Waals surface area contributed by atoms with Crippen LogP contribution in [0.5, 0.6) is 5.75 Å². The van der Waals surface area contributed by atoms with Gasteiger partial charge in [0.05, 0.1) is 54.8 Å². The molecule has 0 saturated carbocycles. The highest BCUT2D eigenvalue weighted by Gasteiger charge is 2.48. The summed E-state index contributed by atoms with van der Waals surface area (Å²) in [7, 11) is 6.12. The lowest BCUT2D eigenvalue weighted by molar-refractivity contribution is -0.242. The van der Waals surface area contributed by atoms with Gasteiger partial charge in [0.2, 0.25) is 24.0 Å². The van der Waals surface area contributed by atoms with Gasteiger partial charge in [0.15, 0.2) is 17.7 Å². The predicted octanol–water partition coefficient (Wildman–Crippen LogP) is 7.26.